The zero-order chi connectivity index (χ0) is 18.6. The molecule has 0 bridgehead atoms. The first-order valence-corrected chi connectivity index (χ1v) is 9.94. The van der Waals surface area contributed by atoms with E-state index in [0.717, 1.165) is 6.20 Å². The number of sulfone groups is 1. The number of ether oxygens (including phenoxy) is 1. The Morgan fingerprint density at radius 2 is 2.16 bits per heavy atom. The van der Waals surface area contributed by atoms with Crippen LogP contribution in [0, 0.1) is 5.21 Å². The van der Waals surface area contributed by atoms with Gasteiger partial charge in [0.2, 0.25) is 0 Å². The average molecular weight is 370 g/mol. The molecule has 0 aliphatic carbocycles. The fraction of sp³-hybridized carbons (Fsp3) is 0.562. The smallest absolute Gasteiger partial charge is 0.405 e. The molecule has 9 heteroatoms. The summed E-state index contributed by atoms with van der Waals surface area (Å²) in [5, 5.41) is 11.5. The molecule has 0 aromatic carbocycles. The maximum absolute atomic E-state index is 12.5. The second-order valence-electron chi connectivity index (χ2n) is 6.10. The molecule has 1 aliphatic rings. The van der Waals surface area contributed by atoms with Gasteiger partial charge in [-0.15, -0.1) is 0 Å². The summed E-state index contributed by atoms with van der Waals surface area (Å²) in [5.74, 6) is -1.38. The number of esters is 1. The van der Waals surface area contributed by atoms with Crippen molar-refractivity contribution in [2.75, 3.05) is 18.1 Å². The van der Waals surface area contributed by atoms with Gasteiger partial charge in [0.25, 0.3) is 5.91 Å². The first kappa shape index (κ1) is 19.2. The molecule has 0 saturated carbocycles. The molecule has 8 nitrogen and oxygen atoms in total. The van der Waals surface area contributed by atoms with Crippen molar-refractivity contribution < 1.29 is 27.5 Å². The van der Waals surface area contributed by atoms with E-state index in [0.29, 0.717) is 17.6 Å². The predicted molar refractivity (Wildman–Crippen MR) is 89.3 cm³/mol. The molecule has 1 amide bonds. The highest BCUT2D eigenvalue weighted by molar-refractivity contribution is 7.91. The topological polar surface area (TPSA) is 108 Å². The molecule has 2 heterocycles. The molecule has 0 N–H and O–H groups in total. The SMILES string of the molecule is CC[C@@H](C)N(C(=O)COC(=O)c1cccc[n+]1[O-])[C@@H]1CCS(=O)(=O)C1. The summed E-state index contributed by atoms with van der Waals surface area (Å²) in [6.45, 7) is 3.19. The highest BCUT2D eigenvalue weighted by Crippen LogP contribution is 2.21. The van der Waals surface area contributed by atoms with Gasteiger partial charge in [0.05, 0.1) is 11.5 Å². The van der Waals surface area contributed by atoms with Crippen LogP contribution in [0.1, 0.15) is 37.2 Å². The summed E-state index contributed by atoms with van der Waals surface area (Å²) in [7, 11) is -3.14. The lowest BCUT2D eigenvalue weighted by molar-refractivity contribution is -0.608. The molecule has 1 aromatic rings. The predicted octanol–water partition coefficient (Wildman–Crippen LogP) is 0.291. The molecular formula is C16H22N2O6S. The second kappa shape index (κ2) is 7.81. The van der Waals surface area contributed by atoms with E-state index < -0.39 is 34.4 Å². The van der Waals surface area contributed by atoms with Crippen LogP contribution in [0.25, 0.3) is 0 Å². The van der Waals surface area contributed by atoms with Crippen LogP contribution in [-0.2, 0) is 19.4 Å². The zero-order valence-corrected chi connectivity index (χ0v) is 15.1. The number of amides is 1. The quantitative estimate of drug-likeness (QED) is 0.405. The minimum absolute atomic E-state index is 0.0534. The van der Waals surface area contributed by atoms with E-state index in [1.165, 1.54) is 23.1 Å². The van der Waals surface area contributed by atoms with Crippen molar-refractivity contribution in [1.29, 1.82) is 0 Å². The minimum atomic E-state index is -3.14. The van der Waals surface area contributed by atoms with Gasteiger partial charge in [0.1, 0.15) is 0 Å². The van der Waals surface area contributed by atoms with Crippen molar-refractivity contribution in [3.8, 4) is 0 Å². The van der Waals surface area contributed by atoms with E-state index in [-0.39, 0.29) is 23.2 Å². The number of carbonyl (C=O) groups is 2. The lowest BCUT2D eigenvalue weighted by atomic mass is 10.1. The molecule has 0 radical (unpaired) electrons. The van der Waals surface area contributed by atoms with Crippen LogP contribution in [0.15, 0.2) is 24.4 Å². The Kier molecular flexibility index (Phi) is 5.99. The van der Waals surface area contributed by atoms with Gasteiger partial charge in [0.15, 0.2) is 22.6 Å². The summed E-state index contributed by atoms with van der Waals surface area (Å²) in [5.41, 5.74) is -0.214. The Labute approximate surface area is 146 Å². The lowest BCUT2D eigenvalue weighted by Crippen LogP contribution is -2.48. The van der Waals surface area contributed by atoms with Gasteiger partial charge in [-0.3, -0.25) is 4.79 Å². The van der Waals surface area contributed by atoms with Crippen molar-refractivity contribution in [1.82, 2.24) is 4.90 Å². The summed E-state index contributed by atoms with van der Waals surface area (Å²) >= 11 is 0. The van der Waals surface area contributed by atoms with E-state index in [1.54, 1.807) is 0 Å². The molecule has 1 fully saturated rings. The molecule has 0 unspecified atom stereocenters. The van der Waals surface area contributed by atoms with Gasteiger partial charge in [-0.25, -0.2) is 13.2 Å². The van der Waals surface area contributed by atoms with Gasteiger partial charge < -0.3 is 14.8 Å². The van der Waals surface area contributed by atoms with E-state index >= 15 is 0 Å². The zero-order valence-electron chi connectivity index (χ0n) is 14.3. The largest absolute Gasteiger partial charge is 0.618 e. The highest BCUT2D eigenvalue weighted by Gasteiger charge is 2.37. The molecule has 25 heavy (non-hydrogen) atoms. The Bertz CT molecular complexity index is 749. The Morgan fingerprint density at radius 1 is 1.44 bits per heavy atom. The minimum Gasteiger partial charge on any atom is -0.618 e. The van der Waals surface area contributed by atoms with E-state index in [2.05, 4.69) is 0 Å². The number of hydrogen-bond acceptors (Lipinski definition) is 6. The van der Waals surface area contributed by atoms with Crippen LogP contribution in [0.3, 0.4) is 0 Å². The molecular weight excluding hydrogens is 348 g/mol. The van der Waals surface area contributed by atoms with E-state index in [4.69, 9.17) is 4.74 Å². The Balaban J connectivity index is 2.05. The van der Waals surface area contributed by atoms with Gasteiger partial charge in [-0.2, -0.15) is 4.73 Å². The van der Waals surface area contributed by atoms with Gasteiger partial charge in [0, 0.05) is 24.2 Å². The van der Waals surface area contributed by atoms with Crippen LogP contribution >= 0.6 is 0 Å². The number of aromatic nitrogens is 1. The van der Waals surface area contributed by atoms with Crippen LogP contribution < -0.4 is 4.73 Å². The third kappa shape index (κ3) is 4.68. The van der Waals surface area contributed by atoms with Crippen LogP contribution in [0.2, 0.25) is 0 Å². The van der Waals surface area contributed by atoms with Crippen molar-refractivity contribution in [2.45, 2.75) is 38.8 Å². The Hall–Kier alpha value is -2.16. The third-order valence-corrected chi connectivity index (χ3v) is 6.07. The normalized spacial score (nSPS) is 20.0. The first-order valence-electron chi connectivity index (χ1n) is 8.12. The summed E-state index contributed by atoms with van der Waals surface area (Å²) in [6, 6.07) is 3.70. The second-order valence-corrected chi connectivity index (χ2v) is 8.33. The number of pyridine rings is 1. The average Bonchev–Trinajstić information content (AvgIpc) is 2.92. The number of hydrogen-bond donors (Lipinski definition) is 0. The van der Waals surface area contributed by atoms with Crippen molar-refractivity contribution in [3.05, 3.63) is 35.3 Å². The molecule has 1 aromatic heterocycles. The molecule has 138 valence electrons. The maximum atomic E-state index is 12.5. The summed E-state index contributed by atoms with van der Waals surface area (Å²) < 4.78 is 28.7. The van der Waals surface area contributed by atoms with Gasteiger partial charge >= 0.3 is 11.7 Å². The van der Waals surface area contributed by atoms with Crippen LogP contribution in [0.5, 0.6) is 0 Å². The number of rotatable bonds is 6. The highest BCUT2D eigenvalue weighted by atomic mass is 32.2. The van der Waals surface area contributed by atoms with E-state index in [1.807, 2.05) is 13.8 Å². The molecule has 1 saturated heterocycles. The summed E-state index contributed by atoms with van der Waals surface area (Å²) in [4.78, 5) is 26.0. The Morgan fingerprint density at radius 3 is 2.72 bits per heavy atom. The fourth-order valence-electron chi connectivity index (χ4n) is 2.86. The first-order chi connectivity index (χ1) is 11.7. The fourth-order valence-corrected chi connectivity index (χ4v) is 4.57. The van der Waals surface area contributed by atoms with Crippen LogP contribution in [0.4, 0.5) is 0 Å². The standard InChI is InChI=1S/C16H22N2O6S/c1-3-12(2)18(13-7-9-25(22,23)11-13)15(19)10-24-16(20)14-6-4-5-8-17(14)21/h4-6,8,12-13H,3,7,9-11H2,1-2H3/t12-,13-/m1/s1. The number of carbonyl (C=O) groups excluding carboxylic acids is 2. The van der Waals surface area contributed by atoms with E-state index in [9.17, 15) is 23.2 Å². The lowest BCUT2D eigenvalue weighted by Gasteiger charge is -2.33. The third-order valence-electron chi connectivity index (χ3n) is 4.32. The van der Waals surface area contributed by atoms with Gasteiger partial charge in [-0.1, -0.05) is 6.92 Å². The van der Waals surface area contributed by atoms with Crippen molar-refractivity contribution in [3.63, 3.8) is 0 Å². The monoisotopic (exact) mass is 370 g/mol. The van der Waals surface area contributed by atoms with Crippen LogP contribution in [-0.4, -0.2) is 55.4 Å². The van der Waals surface area contributed by atoms with Gasteiger partial charge in [-0.05, 0) is 25.8 Å². The molecule has 2 atom stereocenters. The van der Waals surface area contributed by atoms with Crippen molar-refractivity contribution in [2.24, 2.45) is 0 Å². The summed E-state index contributed by atoms with van der Waals surface area (Å²) in [6.07, 6.45) is 2.19. The molecule has 2 rings (SSSR count). The number of nitrogens with zero attached hydrogens (tertiary/aromatic N) is 2. The molecule has 1 aliphatic heterocycles. The maximum Gasteiger partial charge on any atom is 0.405 e. The molecule has 0 spiro atoms. The van der Waals surface area contributed by atoms with Crippen molar-refractivity contribution >= 4 is 21.7 Å².